The second-order valence-electron chi connectivity index (χ2n) is 5.07. The molecule has 0 heterocycles. The Morgan fingerprint density at radius 1 is 1.18 bits per heavy atom. The van der Waals surface area contributed by atoms with Crippen molar-refractivity contribution < 1.29 is 14.3 Å². The van der Waals surface area contributed by atoms with Crippen LogP contribution in [0, 0.1) is 11.8 Å². The summed E-state index contributed by atoms with van der Waals surface area (Å²) in [6.07, 6.45) is 4.06. The number of ether oxygens (including phenoxy) is 1. The molecule has 0 aromatic rings. The van der Waals surface area contributed by atoms with Gasteiger partial charge in [-0.2, -0.15) is 0 Å². The molecule has 0 fully saturated rings. The van der Waals surface area contributed by atoms with E-state index in [0.717, 1.165) is 12.8 Å². The number of carbonyl (C=O) groups excluding carboxylic acids is 2. The molecule has 0 saturated heterocycles. The van der Waals surface area contributed by atoms with Gasteiger partial charge >= 0.3 is 5.97 Å². The summed E-state index contributed by atoms with van der Waals surface area (Å²) in [6.45, 7) is 10.1. The number of ketones is 1. The largest absolute Gasteiger partial charge is 0.460 e. The minimum Gasteiger partial charge on any atom is -0.460 e. The molecule has 0 aromatic heterocycles. The lowest BCUT2D eigenvalue weighted by Gasteiger charge is -2.10. The topological polar surface area (TPSA) is 43.4 Å². The third kappa shape index (κ3) is 8.66. The van der Waals surface area contributed by atoms with E-state index in [1.165, 1.54) is 12.5 Å². The summed E-state index contributed by atoms with van der Waals surface area (Å²) >= 11 is 0. The van der Waals surface area contributed by atoms with Crippen molar-refractivity contribution >= 4 is 11.8 Å². The van der Waals surface area contributed by atoms with Crippen LogP contribution in [0.4, 0.5) is 0 Å². The molecule has 0 spiro atoms. The Morgan fingerprint density at radius 2 is 1.76 bits per heavy atom. The molecule has 3 heteroatoms. The van der Waals surface area contributed by atoms with E-state index >= 15 is 0 Å². The van der Waals surface area contributed by atoms with E-state index < -0.39 is 11.8 Å². The molecule has 0 bridgehead atoms. The van der Waals surface area contributed by atoms with Gasteiger partial charge in [-0.05, 0) is 31.6 Å². The van der Waals surface area contributed by atoms with Crippen molar-refractivity contribution in [3.63, 3.8) is 0 Å². The van der Waals surface area contributed by atoms with E-state index in [9.17, 15) is 9.59 Å². The Hall–Kier alpha value is -1.12. The predicted octanol–water partition coefficient (Wildman–Crippen LogP) is 3.14. The van der Waals surface area contributed by atoms with Crippen LogP contribution in [0.3, 0.4) is 0 Å². The first-order chi connectivity index (χ1) is 7.82. The summed E-state index contributed by atoms with van der Waals surface area (Å²) in [4.78, 5) is 21.5. The number of rotatable bonds is 7. The number of hydrogen-bond acceptors (Lipinski definition) is 3. The van der Waals surface area contributed by atoms with Crippen LogP contribution in [-0.2, 0) is 14.3 Å². The lowest BCUT2D eigenvalue weighted by Crippen LogP contribution is -2.15. The highest BCUT2D eigenvalue weighted by Gasteiger charge is 2.09. The second-order valence-corrected chi connectivity index (χ2v) is 5.07. The summed E-state index contributed by atoms with van der Waals surface area (Å²) in [5, 5.41) is 0. The van der Waals surface area contributed by atoms with Gasteiger partial charge in [0.25, 0.3) is 0 Å². The van der Waals surface area contributed by atoms with Gasteiger partial charge in [-0.15, -0.1) is 0 Å². The molecule has 98 valence electrons. The summed E-state index contributed by atoms with van der Waals surface area (Å²) in [5.74, 6) is -0.244. The summed E-state index contributed by atoms with van der Waals surface area (Å²) in [7, 11) is 0. The highest BCUT2D eigenvalue weighted by molar-refractivity contribution is 6.32. The van der Waals surface area contributed by atoms with Gasteiger partial charge in [0, 0.05) is 6.92 Å². The quantitative estimate of drug-likeness (QED) is 0.390. The van der Waals surface area contributed by atoms with Crippen molar-refractivity contribution in [2.75, 3.05) is 6.61 Å². The fourth-order valence-corrected chi connectivity index (χ4v) is 1.72. The Balaban J connectivity index is 3.90. The SMILES string of the molecule is CC(=O)C(=O)OCCC(C)C=C(C)CC(C)C. The predicted molar refractivity (Wildman–Crippen MR) is 68.6 cm³/mol. The number of carbonyl (C=O) groups is 2. The van der Waals surface area contributed by atoms with Crippen LogP contribution in [-0.4, -0.2) is 18.4 Å². The zero-order valence-corrected chi connectivity index (χ0v) is 11.6. The standard InChI is InChI=1S/C14H24O3/c1-10(2)8-12(4)9-11(3)6-7-17-14(16)13(5)15/h9-11H,6-8H2,1-5H3. The highest BCUT2D eigenvalue weighted by atomic mass is 16.5. The lowest BCUT2D eigenvalue weighted by atomic mass is 9.99. The molecule has 0 aliphatic heterocycles. The van der Waals surface area contributed by atoms with E-state index in [0.29, 0.717) is 18.4 Å². The van der Waals surface area contributed by atoms with Gasteiger partial charge in [0.05, 0.1) is 6.61 Å². The van der Waals surface area contributed by atoms with Gasteiger partial charge in [0.1, 0.15) is 0 Å². The van der Waals surface area contributed by atoms with Crippen LogP contribution in [0.2, 0.25) is 0 Å². The fraction of sp³-hybridized carbons (Fsp3) is 0.714. The minimum atomic E-state index is -0.736. The number of Topliss-reactive ketones (excluding diaryl/α,β-unsaturated/α-hetero) is 1. The maximum atomic E-state index is 10.9. The molecule has 1 atom stereocenters. The average molecular weight is 240 g/mol. The van der Waals surface area contributed by atoms with E-state index in [4.69, 9.17) is 4.74 Å². The van der Waals surface area contributed by atoms with Crippen molar-refractivity contribution in [1.29, 1.82) is 0 Å². The third-order valence-corrected chi connectivity index (χ3v) is 2.39. The van der Waals surface area contributed by atoms with Crippen molar-refractivity contribution in [3.8, 4) is 0 Å². The maximum Gasteiger partial charge on any atom is 0.374 e. The first-order valence-corrected chi connectivity index (χ1v) is 6.18. The van der Waals surface area contributed by atoms with E-state index in [2.05, 4.69) is 33.8 Å². The third-order valence-electron chi connectivity index (χ3n) is 2.39. The molecule has 0 N–H and O–H groups in total. The first kappa shape index (κ1) is 15.9. The monoisotopic (exact) mass is 240 g/mol. The van der Waals surface area contributed by atoms with E-state index in [1.807, 2.05) is 0 Å². The highest BCUT2D eigenvalue weighted by Crippen LogP contribution is 2.14. The molecular weight excluding hydrogens is 216 g/mol. The average Bonchev–Trinajstić information content (AvgIpc) is 2.15. The van der Waals surface area contributed by atoms with Gasteiger partial charge in [-0.25, -0.2) is 4.79 Å². The second kappa shape index (κ2) is 8.04. The summed E-state index contributed by atoms with van der Waals surface area (Å²) < 4.78 is 4.82. The molecule has 0 aromatic carbocycles. The van der Waals surface area contributed by atoms with Gasteiger partial charge in [-0.3, -0.25) is 4.79 Å². The zero-order valence-electron chi connectivity index (χ0n) is 11.6. The molecule has 0 amide bonds. The molecule has 0 saturated carbocycles. The van der Waals surface area contributed by atoms with Crippen molar-refractivity contribution in [2.24, 2.45) is 11.8 Å². The molecule has 0 aliphatic rings. The van der Waals surface area contributed by atoms with Crippen LogP contribution in [0.1, 0.15) is 47.5 Å². The number of esters is 1. The number of hydrogen-bond donors (Lipinski definition) is 0. The fourth-order valence-electron chi connectivity index (χ4n) is 1.72. The molecule has 0 radical (unpaired) electrons. The lowest BCUT2D eigenvalue weighted by molar-refractivity contribution is -0.153. The van der Waals surface area contributed by atoms with Crippen molar-refractivity contribution in [1.82, 2.24) is 0 Å². The van der Waals surface area contributed by atoms with Crippen LogP contribution in [0.15, 0.2) is 11.6 Å². The van der Waals surface area contributed by atoms with Crippen molar-refractivity contribution in [2.45, 2.75) is 47.5 Å². The molecule has 1 unspecified atom stereocenters. The Bertz CT molecular complexity index is 290. The smallest absolute Gasteiger partial charge is 0.374 e. The zero-order chi connectivity index (χ0) is 13.4. The van der Waals surface area contributed by atoms with Crippen molar-refractivity contribution in [3.05, 3.63) is 11.6 Å². The molecule has 0 rings (SSSR count). The van der Waals surface area contributed by atoms with Gasteiger partial charge in [0.15, 0.2) is 0 Å². The van der Waals surface area contributed by atoms with E-state index in [-0.39, 0.29) is 0 Å². The molecule has 3 nitrogen and oxygen atoms in total. The van der Waals surface area contributed by atoms with Gasteiger partial charge < -0.3 is 4.74 Å². The van der Waals surface area contributed by atoms with Crippen LogP contribution in [0.5, 0.6) is 0 Å². The first-order valence-electron chi connectivity index (χ1n) is 6.18. The van der Waals surface area contributed by atoms with Crippen LogP contribution in [0.25, 0.3) is 0 Å². The Kier molecular flexibility index (Phi) is 7.51. The number of allylic oxidation sites excluding steroid dienone is 2. The van der Waals surface area contributed by atoms with E-state index in [1.54, 1.807) is 0 Å². The van der Waals surface area contributed by atoms with Crippen LogP contribution < -0.4 is 0 Å². The van der Waals surface area contributed by atoms with Crippen LogP contribution >= 0.6 is 0 Å². The Labute approximate surface area is 104 Å². The normalized spacial score (nSPS) is 13.6. The maximum absolute atomic E-state index is 10.9. The van der Waals surface area contributed by atoms with Gasteiger partial charge in [-0.1, -0.05) is 32.4 Å². The molecular formula is C14H24O3. The minimum absolute atomic E-state index is 0.311. The summed E-state index contributed by atoms with van der Waals surface area (Å²) in [6, 6.07) is 0. The molecule has 0 aliphatic carbocycles. The van der Waals surface area contributed by atoms with Gasteiger partial charge in [0.2, 0.25) is 5.78 Å². The molecule has 17 heavy (non-hydrogen) atoms. The Morgan fingerprint density at radius 3 is 2.24 bits per heavy atom. The summed E-state index contributed by atoms with van der Waals surface area (Å²) in [5.41, 5.74) is 1.37.